The minimum Gasteiger partial charge on any atom is -0.381 e. The van der Waals surface area contributed by atoms with Crippen LogP contribution in [0.5, 0.6) is 0 Å². The Hall–Kier alpha value is -1.63. The SMILES string of the molecule is O=C(c1ccc(Cl)cc1)N1C[C@H](C(=O)N2CCOCC2)C2(CCOCC2)C1. The van der Waals surface area contributed by atoms with Gasteiger partial charge in [0, 0.05) is 55.4 Å². The summed E-state index contributed by atoms with van der Waals surface area (Å²) in [5, 5.41) is 0.606. The molecule has 6 nitrogen and oxygen atoms in total. The normalized spacial score (nSPS) is 25.0. The van der Waals surface area contributed by atoms with Gasteiger partial charge in [-0.1, -0.05) is 11.6 Å². The van der Waals surface area contributed by atoms with Crippen LogP contribution in [0.25, 0.3) is 0 Å². The molecule has 3 fully saturated rings. The molecule has 7 heteroatoms. The summed E-state index contributed by atoms with van der Waals surface area (Å²) in [6.45, 7) is 4.81. The van der Waals surface area contributed by atoms with Gasteiger partial charge in [0.15, 0.2) is 0 Å². The van der Waals surface area contributed by atoms with Crippen LogP contribution in [0.3, 0.4) is 0 Å². The molecule has 3 heterocycles. The van der Waals surface area contributed by atoms with Crippen molar-refractivity contribution in [2.75, 3.05) is 52.6 Å². The highest BCUT2D eigenvalue weighted by atomic mass is 35.5. The first kappa shape index (κ1) is 18.7. The fourth-order valence-corrected chi connectivity index (χ4v) is 4.65. The molecule has 3 aliphatic heterocycles. The predicted molar refractivity (Wildman–Crippen MR) is 101 cm³/mol. The second-order valence-electron chi connectivity index (χ2n) is 7.66. The molecule has 0 saturated carbocycles. The summed E-state index contributed by atoms with van der Waals surface area (Å²) in [6.07, 6.45) is 1.64. The maximum Gasteiger partial charge on any atom is 0.253 e. The number of amides is 2. The molecular formula is C20H25ClN2O4. The Morgan fingerprint density at radius 2 is 1.59 bits per heavy atom. The summed E-state index contributed by atoms with van der Waals surface area (Å²) in [6, 6.07) is 6.95. The summed E-state index contributed by atoms with van der Waals surface area (Å²) in [5.74, 6) is -0.0443. The van der Waals surface area contributed by atoms with E-state index in [2.05, 4.69) is 0 Å². The number of halogens is 1. The molecule has 1 aromatic rings. The number of nitrogens with zero attached hydrogens (tertiary/aromatic N) is 2. The van der Waals surface area contributed by atoms with Crippen molar-refractivity contribution in [2.24, 2.45) is 11.3 Å². The van der Waals surface area contributed by atoms with Crippen LogP contribution in [0.2, 0.25) is 5.02 Å². The molecule has 0 bridgehead atoms. The molecule has 0 unspecified atom stereocenters. The Bertz CT molecular complexity index is 696. The summed E-state index contributed by atoms with van der Waals surface area (Å²) < 4.78 is 10.9. The van der Waals surface area contributed by atoms with Crippen molar-refractivity contribution in [3.8, 4) is 0 Å². The molecule has 4 rings (SSSR count). The topological polar surface area (TPSA) is 59.1 Å². The van der Waals surface area contributed by atoms with Crippen molar-refractivity contribution >= 4 is 23.4 Å². The maximum atomic E-state index is 13.3. The standard InChI is InChI=1S/C20H25ClN2O4/c21-16-3-1-15(2-4-16)18(24)23-13-17(19(25)22-7-11-27-12-8-22)20(14-23)5-9-26-10-6-20/h1-4,17H,5-14H2/t17-/m1/s1. The lowest BCUT2D eigenvalue weighted by Crippen LogP contribution is -2.49. The molecule has 146 valence electrons. The molecule has 0 radical (unpaired) electrons. The van der Waals surface area contributed by atoms with Gasteiger partial charge < -0.3 is 19.3 Å². The highest BCUT2D eigenvalue weighted by Crippen LogP contribution is 2.45. The highest BCUT2D eigenvalue weighted by molar-refractivity contribution is 6.30. The van der Waals surface area contributed by atoms with Crippen molar-refractivity contribution in [1.82, 2.24) is 9.80 Å². The van der Waals surface area contributed by atoms with E-state index in [1.54, 1.807) is 24.3 Å². The average Bonchev–Trinajstić information content (AvgIpc) is 3.07. The van der Waals surface area contributed by atoms with Crippen LogP contribution < -0.4 is 0 Å². The summed E-state index contributed by atoms with van der Waals surface area (Å²) in [4.78, 5) is 30.1. The molecule has 0 aliphatic carbocycles. The minimum atomic E-state index is -0.185. The lowest BCUT2D eigenvalue weighted by Gasteiger charge is -2.39. The van der Waals surface area contributed by atoms with E-state index in [1.165, 1.54) is 0 Å². The van der Waals surface area contributed by atoms with Crippen molar-refractivity contribution in [3.63, 3.8) is 0 Å². The first-order chi connectivity index (χ1) is 13.1. The summed E-state index contributed by atoms with van der Waals surface area (Å²) in [7, 11) is 0. The quantitative estimate of drug-likeness (QED) is 0.773. The molecule has 3 aliphatic rings. The molecule has 0 aromatic heterocycles. The van der Waals surface area contributed by atoms with E-state index < -0.39 is 0 Å². The van der Waals surface area contributed by atoms with Gasteiger partial charge in [-0.2, -0.15) is 0 Å². The van der Waals surface area contributed by atoms with Crippen LogP contribution in [-0.2, 0) is 14.3 Å². The van der Waals surface area contributed by atoms with Crippen LogP contribution in [0.4, 0.5) is 0 Å². The van der Waals surface area contributed by atoms with Gasteiger partial charge >= 0.3 is 0 Å². The van der Waals surface area contributed by atoms with Gasteiger partial charge in [-0.3, -0.25) is 9.59 Å². The van der Waals surface area contributed by atoms with Gasteiger partial charge in [-0.15, -0.1) is 0 Å². The van der Waals surface area contributed by atoms with Gasteiger partial charge in [0.2, 0.25) is 5.91 Å². The molecule has 1 aromatic carbocycles. The second-order valence-corrected chi connectivity index (χ2v) is 8.09. The van der Waals surface area contributed by atoms with Crippen LogP contribution in [-0.4, -0.2) is 74.2 Å². The fourth-order valence-electron chi connectivity index (χ4n) is 4.53. The highest BCUT2D eigenvalue weighted by Gasteiger charge is 2.52. The first-order valence-corrected chi connectivity index (χ1v) is 9.96. The number of morpholine rings is 1. The van der Waals surface area contributed by atoms with E-state index in [9.17, 15) is 9.59 Å². The van der Waals surface area contributed by atoms with Crippen LogP contribution in [0, 0.1) is 11.3 Å². The van der Waals surface area contributed by atoms with Gasteiger partial charge in [0.25, 0.3) is 5.91 Å². The van der Waals surface area contributed by atoms with Gasteiger partial charge in [0.1, 0.15) is 0 Å². The zero-order chi connectivity index (χ0) is 18.9. The molecular weight excluding hydrogens is 368 g/mol. The molecule has 1 spiro atoms. The van der Waals surface area contributed by atoms with Crippen LogP contribution in [0.15, 0.2) is 24.3 Å². The monoisotopic (exact) mass is 392 g/mol. The molecule has 1 atom stereocenters. The molecule has 0 N–H and O–H groups in total. The minimum absolute atomic E-state index is 0.0326. The predicted octanol–water partition coefficient (Wildman–Crippen LogP) is 2.07. The van der Waals surface area contributed by atoms with E-state index in [4.69, 9.17) is 21.1 Å². The zero-order valence-corrected chi connectivity index (χ0v) is 16.1. The van der Waals surface area contributed by atoms with E-state index in [-0.39, 0.29) is 23.1 Å². The number of carbonyl (C=O) groups excluding carboxylic acids is 2. The van der Waals surface area contributed by atoms with Crippen LogP contribution >= 0.6 is 11.6 Å². The number of benzene rings is 1. The molecule has 2 amide bonds. The summed E-state index contributed by atoms with van der Waals surface area (Å²) in [5.41, 5.74) is 0.427. The largest absolute Gasteiger partial charge is 0.381 e. The lowest BCUT2D eigenvalue weighted by atomic mass is 9.71. The lowest BCUT2D eigenvalue weighted by molar-refractivity contribution is -0.144. The van der Waals surface area contributed by atoms with E-state index >= 15 is 0 Å². The van der Waals surface area contributed by atoms with Gasteiger partial charge in [-0.25, -0.2) is 0 Å². The first-order valence-electron chi connectivity index (χ1n) is 9.58. The average molecular weight is 393 g/mol. The van der Waals surface area contributed by atoms with Gasteiger partial charge in [-0.05, 0) is 37.1 Å². The van der Waals surface area contributed by atoms with Crippen molar-refractivity contribution < 1.29 is 19.1 Å². The number of carbonyl (C=O) groups is 2. The fraction of sp³-hybridized carbons (Fsp3) is 0.600. The third-order valence-electron chi connectivity index (χ3n) is 6.14. The third kappa shape index (κ3) is 3.71. The third-order valence-corrected chi connectivity index (χ3v) is 6.39. The van der Waals surface area contributed by atoms with Crippen molar-refractivity contribution in [3.05, 3.63) is 34.9 Å². The smallest absolute Gasteiger partial charge is 0.253 e. The number of rotatable bonds is 2. The van der Waals surface area contributed by atoms with Crippen molar-refractivity contribution in [1.29, 1.82) is 0 Å². The van der Waals surface area contributed by atoms with Gasteiger partial charge in [0.05, 0.1) is 19.1 Å². The number of hydrogen-bond donors (Lipinski definition) is 0. The Morgan fingerprint density at radius 3 is 2.26 bits per heavy atom. The van der Waals surface area contributed by atoms with E-state index in [0.29, 0.717) is 63.2 Å². The second kappa shape index (κ2) is 7.78. The Labute approximate surface area is 164 Å². The Kier molecular flexibility index (Phi) is 5.39. The number of ether oxygens (including phenoxy) is 2. The van der Waals surface area contributed by atoms with Crippen molar-refractivity contribution in [2.45, 2.75) is 12.8 Å². The van der Waals surface area contributed by atoms with E-state index in [1.807, 2.05) is 9.80 Å². The van der Waals surface area contributed by atoms with E-state index in [0.717, 1.165) is 12.8 Å². The molecule has 3 saturated heterocycles. The Balaban J connectivity index is 1.56. The Morgan fingerprint density at radius 1 is 0.963 bits per heavy atom. The number of likely N-dealkylation sites (tertiary alicyclic amines) is 1. The maximum absolute atomic E-state index is 13.3. The van der Waals surface area contributed by atoms with Crippen LogP contribution in [0.1, 0.15) is 23.2 Å². The summed E-state index contributed by atoms with van der Waals surface area (Å²) >= 11 is 5.94. The zero-order valence-electron chi connectivity index (χ0n) is 15.4. The number of hydrogen-bond acceptors (Lipinski definition) is 4. The molecule has 27 heavy (non-hydrogen) atoms.